The van der Waals surface area contributed by atoms with Crippen molar-refractivity contribution in [2.24, 2.45) is 0 Å². The maximum absolute atomic E-state index is 11.5. The van der Waals surface area contributed by atoms with Crippen LogP contribution in [0.25, 0.3) is 0 Å². The van der Waals surface area contributed by atoms with Crippen LogP contribution in [0.1, 0.15) is 28.0 Å². The summed E-state index contributed by atoms with van der Waals surface area (Å²) in [4.78, 5) is 26.5. The number of aromatic nitrogens is 1. The number of ether oxygens (including phenoxy) is 1. The molecule has 0 bridgehead atoms. The fourth-order valence-electron chi connectivity index (χ4n) is 1.82. The molecule has 0 unspecified atom stereocenters. The molecular formula is C18H16N2O4. The number of aromatic carboxylic acids is 1. The van der Waals surface area contributed by atoms with E-state index in [9.17, 15) is 9.59 Å². The number of carbonyl (C=O) groups is 2. The van der Waals surface area contributed by atoms with Crippen molar-refractivity contribution in [3.63, 3.8) is 0 Å². The van der Waals surface area contributed by atoms with Gasteiger partial charge in [0.1, 0.15) is 12.3 Å². The third-order valence-electron chi connectivity index (χ3n) is 2.98. The zero-order chi connectivity index (χ0) is 17.2. The van der Waals surface area contributed by atoms with Crippen LogP contribution in [0.4, 0.5) is 4.79 Å². The van der Waals surface area contributed by atoms with Crippen LogP contribution >= 0.6 is 0 Å². The fourth-order valence-corrected chi connectivity index (χ4v) is 1.82. The van der Waals surface area contributed by atoms with Crippen molar-refractivity contribution in [1.82, 2.24) is 10.3 Å². The SMILES string of the molecule is O=C(NCCC#Cc1ncccc1C(=O)O)OCc1ccccc1. The van der Waals surface area contributed by atoms with Crippen LogP contribution in [0, 0.1) is 11.8 Å². The number of carboxylic acids is 1. The van der Waals surface area contributed by atoms with E-state index in [0.29, 0.717) is 13.0 Å². The van der Waals surface area contributed by atoms with Gasteiger partial charge in [-0.1, -0.05) is 36.3 Å². The van der Waals surface area contributed by atoms with Gasteiger partial charge in [0.2, 0.25) is 0 Å². The van der Waals surface area contributed by atoms with E-state index in [1.807, 2.05) is 30.3 Å². The average molecular weight is 324 g/mol. The minimum absolute atomic E-state index is 0.0558. The lowest BCUT2D eigenvalue weighted by Crippen LogP contribution is -2.24. The van der Waals surface area contributed by atoms with Crippen LogP contribution < -0.4 is 5.32 Å². The molecule has 0 aliphatic rings. The minimum atomic E-state index is -1.07. The molecule has 1 amide bonds. The largest absolute Gasteiger partial charge is 0.478 e. The first-order valence-corrected chi connectivity index (χ1v) is 7.28. The Labute approximate surface area is 139 Å². The lowest BCUT2D eigenvalue weighted by atomic mass is 10.2. The Hall–Kier alpha value is -3.33. The van der Waals surface area contributed by atoms with Gasteiger partial charge >= 0.3 is 12.1 Å². The quantitative estimate of drug-likeness (QED) is 0.651. The highest BCUT2D eigenvalue weighted by Crippen LogP contribution is 2.03. The number of hydrogen-bond donors (Lipinski definition) is 2. The molecule has 0 spiro atoms. The molecule has 0 atom stereocenters. The highest BCUT2D eigenvalue weighted by Gasteiger charge is 2.07. The Kier molecular flexibility index (Phi) is 6.35. The highest BCUT2D eigenvalue weighted by atomic mass is 16.5. The van der Waals surface area contributed by atoms with E-state index in [4.69, 9.17) is 9.84 Å². The molecule has 1 aromatic heterocycles. The second kappa shape index (κ2) is 8.96. The molecule has 2 rings (SSSR count). The second-order valence-corrected chi connectivity index (χ2v) is 4.75. The number of benzene rings is 1. The average Bonchev–Trinajstić information content (AvgIpc) is 2.61. The van der Waals surface area contributed by atoms with E-state index >= 15 is 0 Å². The van der Waals surface area contributed by atoms with E-state index in [-0.39, 0.29) is 17.9 Å². The molecule has 122 valence electrons. The van der Waals surface area contributed by atoms with Gasteiger partial charge in [-0.15, -0.1) is 0 Å². The number of rotatable bonds is 5. The molecule has 6 heteroatoms. The topological polar surface area (TPSA) is 88.5 Å². The van der Waals surface area contributed by atoms with Gasteiger partial charge in [-0.25, -0.2) is 14.6 Å². The van der Waals surface area contributed by atoms with Crippen LogP contribution in [0.3, 0.4) is 0 Å². The zero-order valence-electron chi connectivity index (χ0n) is 12.9. The Morgan fingerprint density at radius 3 is 2.71 bits per heavy atom. The van der Waals surface area contributed by atoms with Crippen molar-refractivity contribution in [2.75, 3.05) is 6.54 Å². The standard InChI is InChI=1S/C18H16N2O4/c21-17(22)15-9-6-12-19-16(15)10-4-5-11-20-18(23)24-13-14-7-2-1-3-8-14/h1-3,6-9,12H,5,11,13H2,(H,20,23)(H,21,22). The number of carbonyl (C=O) groups excluding carboxylic acids is 1. The molecule has 2 aromatic rings. The highest BCUT2D eigenvalue weighted by molar-refractivity contribution is 5.89. The number of alkyl carbamates (subject to hydrolysis) is 1. The van der Waals surface area contributed by atoms with Gasteiger partial charge in [0.25, 0.3) is 0 Å². The molecule has 0 aliphatic heterocycles. The van der Waals surface area contributed by atoms with Crippen molar-refractivity contribution >= 4 is 12.1 Å². The van der Waals surface area contributed by atoms with E-state index in [1.165, 1.54) is 12.3 Å². The number of hydrogen-bond acceptors (Lipinski definition) is 4. The number of pyridine rings is 1. The van der Waals surface area contributed by atoms with Crippen LogP contribution in [-0.2, 0) is 11.3 Å². The van der Waals surface area contributed by atoms with Gasteiger partial charge < -0.3 is 15.2 Å². The summed E-state index contributed by atoms with van der Waals surface area (Å²) in [6.45, 7) is 0.504. The van der Waals surface area contributed by atoms with Crippen LogP contribution in [-0.4, -0.2) is 28.7 Å². The molecule has 2 N–H and O–H groups in total. The summed E-state index contributed by atoms with van der Waals surface area (Å²) >= 11 is 0. The van der Waals surface area contributed by atoms with Crippen LogP contribution in [0.15, 0.2) is 48.7 Å². The first kappa shape index (κ1) is 17.0. The van der Waals surface area contributed by atoms with E-state index < -0.39 is 12.1 Å². The number of amides is 1. The minimum Gasteiger partial charge on any atom is -0.478 e. The Morgan fingerprint density at radius 1 is 1.17 bits per heavy atom. The maximum atomic E-state index is 11.5. The van der Waals surface area contributed by atoms with Gasteiger partial charge in [0, 0.05) is 19.2 Å². The Morgan fingerprint density at radius 2 is 1.96 bits per heavy atom. The molecule has 0 aliphatic carbocycles. The molecule has 1 aromatic carbocycles. The summed E-state index contributed by atoms with van der Waals surface area (Å²) in [6, 6.07) is 12.3. The molecule has 1 heterocycles. The summed E-state index contributed by atoms with van der Waals surface area (Å²) < 4.78 is 5.06. The number of carboxylic acid groups (broad SMARTS) is 1. The molecule has 0 radical (unpaired) electrons. The van der Waals surface area contributed by atoms with Gasteiger partial charge in [0.05, 0.1) is 5.56 Å². The molecule has 6 nitrogen and oxygen atoms in total. The van der Waals surface area contributed by atoms with Crippen LogP contribution in [0.5, 0.6) is 0 Å². The van der Waals surface area contributed by atoms with E-state index in [2.05, 4.69) is 22.1 Å². The first-order valence-electron chi connectivity index (χ1n) is 7.28. The molecule has 24 heavy (non-hydrogen) atoms. The lowest BCUT2D eigenvalue weighted by molar-refractivity contribution is 0.0696. The third kappa shape index (κ3) is 5.46. The Balaban J connectivity index is 1.74. The van der Waals surface area contributed by atoms with Gasteiger partial charge in [-0.3, -0.25) is 0 Å². The van der Waals surface area contributed by atoms with E-state index in [1.54, 1.807) is 6.07 Å². The maximum Gasteiger partial charge on any atom is 0.407 e. The summed E-state index contributed by atoms with van der Waals surface area (Å²) in [5.74, 6) is 4.40. The molecule has 0 saturated carbocycles. The molecule has 0 fully saturated rings. The molecular weight excluding hydrogens is 308 g/mol. The van der Waals surface area contributed by atoms with Crippen molar-refractivity contribution in [2.45, 2.75) is 13.0 Å². The van der Waals surface area contributed by atoms with Gasteiger partial charge in [0.15, 0.2) is 0 Å². The van der Waals surface area contributed by atoms with Crippen LogP contribution in [0.2, 0.25) is 0 Å². The summed E-state index contributed by atoms with van der Waals surface area (Å²) in [5.41, 5.74) is 1.17. The predicted octanol–water partition coefficient (Wildman–Crippen LogP) is 2.45. The smallest absolute Gasteiger partial charge is 0.407 e. The van der Waals surface area contributed by atoms with Gasteiger partial charge in [-0.2, -0.15) is 0 Å². The van der Waals surface area contributed by atoms with Crippen molar-refractivity contribution < 1.29 is 19.4 Å². The summed E-state index contributed by atoms with van der Waals surface area (Å²) in [6.07, 6.45) is 1.32. The third-order valence-corrected chi connectivity index (χ3v) is 2.98. The normalized spacial score (nSPS) is 9.50. The lowest BCUT2D eigenvalue weighted by Gasteiger charge is -2.05. The summed E-state index contributed by atoms with van der Waals surface area (Å²) in [7, 11) is 0. The first-order chi connectivity index (χ1) is 11.7. The monoisotopic (exact) mass is 324 g/mol. The van der Waals surface area contributed by atoms with Gasteiger partial charge in [-0.05, 0) is 23.6 Å². The zero-order valence-corrected chi connectivity index (χ0v) is 12.9. The van der Waals surface area contributed by atoms with Crippen molar-refractivity contribution in [3.8, 4) is 11.8 Å². The summed E-state index contributed by atoms with van der Waals surface area (Å²) in [5, 5.41) is 11.6. The number of nitrogens with one attached hydrogen (secondary N) is 1. The second-order valence-electron chi connectivity index (χ2n) is 4.75. The fraction of sp³-hybridized carbons (Fsp3) is 0.167. The van der Waals surface area contributed by atoms with Crippen molar-refractivity contribution in [1.29, 1.82) is 0 Å². The predicted molar refractivity (Wildman–Crippen MR) is 87.3 cm³/mol. The van der Waals surface area contributed by atoms with Crippen molar-refractivity contribution in [3.05, 3.63) is 65.5 Å². The number of nitrogens with zero attached hydrogens (tertiary/aromatic N) is 1. The molecule has 0 saturated heterocycles. The Bertz CT molecular complexity index is 763. The van der Waals surface area contributed by atoms with E-state index in [0.717, 1.165) is 5.56 Å².